The molecule has 5 nitrogen and oxygen atoms in total. The molecule has 0 aromatic carbocycles. The highest BCUT2D eigenvalue weighted by molar-refractivity contribution is 4.74. The lowest BCUT2D eigenvalue weighted by Crippen LogP contribution is -3.00. The van der Waals surface area contributed by atoms with Crippen molar-refractivity contribution in [1.29, 1.82) is 0 Å². The molecule has 0 radical (unpaired) electrons. The second-order valence-corrected chi connectivity index (χ2v) is 11.3. The van der Waals surface area contributed by atoms with Gasteiger partial charge >= 0.3 is 0 Å². The quantitative estimate of drug-likeness (QED) is 0.147. The van der Waals surface area contributed by atoms with Crippen LogP contribution in [0.2, 0.25) is 0 Å². The molecule has 1 N–H and O–H groups in total. The maximum atomic E-state index is 10.1. The summed E-state index contributed by atoms with van der Waals surface area (Å²) in [6.45, 7) is 7.39. The van der Waals surface area contributed by atoms with Crippen molar-refractivity contribution in [2.75, 3.05) is 54.1 Å². The van der Waals surface area contributed by atoms with Crippen LogP contribution in [-0.4, -0.2) is 76.1 Å². The van der Waals surface area contributed by atoms with Gasteiger partial charge in [0.25, 0.3) is 0 Å². The maximum absolute atomic E-state index is 10.1. The van der Waals surface area contributed by atoms with Crippen LogP contribution in [-0.2, 0) is 14.2 Å². The molecule has 0 aliphatic heterocycles. The fourth-order valence-corrected chi connectivity index (χ4v) is 4.91. The molecule has 0 spiro atoms. The highest BCUT2D eigenvalue weighted by Crippen LogP contribution is 2.35. The molecule has 1 saturated carbocycles. The van der Waals surface area contributed by atoms with Crippen molar-refractivity contribution in [3.05, 3.63) is 0 Å². The summed E-state index contributed by atoms with van der Waals surface area (Å²) in [6.07, 6.45) is 17.9. The van der Waals surface area contributed by atoms with Crippen LogP contribution in [0.3, 0.4) is 0 Å². The second-order valence-electron chi connectivity index (χ2n) is 11.3. The summed E-state index contributed by atoms with van der Waals surface area (Å²) >= 11 is 0. The van der Waals surface area contributed by atoms with Gasteiger partial charge in [-0.05, 0) is 25.2 Å². The van der Waals surface area contributed by atoms with Crippen LogP contribution in [0.25, 0.3) is 0 Å². The van der Waals surface area contributed by atoms with Crippen LogP contribution < -0.4 is 12.4 Å². The molecule has 1 rings (SSSR count). The Morgan fingerprint density at radius 1 is 0.794 bits per heavy atom. The van der Waals surface area contributed by atoms with Crippen LogP contribution in [0.15, 0.2) is 0 Å². The number of aliphatic hydroxyl groups is 1. The van der Waals surface area contributed by atoms with Gasteiger partial charge in [-0.25, -0.2) is 0 Å². The molecule has 1 fully saturated rings. The predicted molar refractivity (Wildman–Crippen MR) is 138 cm³/mol. The molecule has 6 heteroatoms. The molecule has 0 aromatic rings. The molecule has 3 atom stereocenters. The Labute approximate surface area is 218 Å². The number of unbranched alkanes of at least 4 members (excludes halogenated alkanes) is 6. The first-order valence-corrected chi connectivity index (χ1v) is 14.1. The van der Waals surface area contributed by atoms with Gasteiger partial charge in [0.2, 0.25) is 0 Å². The van der Waals surface area contributed by atoms with E-state index in [1.54, 1.807) is 6.92 Å². The van der Waals surface area contributed by atoms with Crippen LogP contribution in [0, 0.1) is 11.8 Å². The molecule has 206 valence electrons. The van der Waals surface area contributed by atoms with Gasteiger partial charge in [0, 0.05) is 0 Å². The number of halogens is 1. The van der Waals surface area contributed by atoms with Gasteiger partial charge in [-0.1, -0.05) is 90.4 Å². The van der Waals surface area contributed by atoms with Crippen molar-refractivity contribution in [3.8, 4) is 0 Å². The van der Waals surface area contributed by atoms with Crippen molar-refractivity contribution in [2.24, 2.45) is 11.8 Å². The lowest BCUT2D eigenvalue weighted by Gasteiger charge is -2.31. The van der Waals surface area contributed by atoms with E-state index >= 15 is 0 Å². The summed E-state index contributed by atoms with van der Waals surface area (Å²) in [5.74, 6) is 1.62. The van der Waals surface area contributed by atoms with E-state index in [-0.39, 0.29) is 12.4 Å². The third kappa shape index (κ3) is 18.4. The summed E-state index contributed by atoms with van der Waals surface area (Å²) in [5.41, 5.74) is 0. The molecule has 0 saturated heterocycles. The minimum atomic E-state index is -0.632. The molecule has 0 heterocycles. The molecule has 3 unspecified atom stereocenters. The highest BCUT2D eigenvalue weighted by Gasteiger charge is 2.24. The Morgan fingerprint density at radius 2 is 1.41 bits per heavy atom. The minimum absolute atomic E-state index is 0. The summed E-state index contributed by atoms with van der Waals surface area (Å²) < 4.78 is 18.4. The molecular formula is C28H58ClNO4. The zero-order valence-corrected chi connectivity index (χ0v) is 24.0. The molecule has 0 bridgehead atoms. The number of rotatable bonds is 21. The van der Waals surface area contributed by atoms with Crippen molar-refractivity contribution in [1.82, 2.24) is 0 Å². The molecule has 34 heavy (non-hydrogen) atoms. The maximum Gasteiger partial charge on any atom is 0.183 e. The monoisotopic (exact) mass is 507 g/mol. The minimum Gasteiger partial charge on any atom is -1.00 e. The van der Waals surface area contributed by atoms with E-state index in [1.165, 1.54) is 83.5 Å². The van der Waals surface area contributed by atoms with Gasteiger partial charge in [-0.15, -0.1) is 0 Å². The second kappa shape index (κ2) is 21.2. The van der Waals surface area contributed by atoms with Crippen LogP contribution in [0.1, 0.15) is 104 Å². The lowest BCUT2D eigenvalue weighted by atomic mass is 9.76. The number of hydrogen-bond acceptors (Lipinski definition) is 4. The largest absolute Gasteiger partial charge is 1.00 e. The standard InChI is InChI=1S/C28H58NO4.ClH/c1-6-7-8-9-10-11-13-18-27(26-16-14-12-15-17-26)19-21-32-28(25(2)30)33-24-23-31-22-20-29(3,4)5;/h25-28,30H,6-24H2,1-5H3;1H/q+1;/p-1. The van der Waals surface area contributed by atoms with E-state index in [4.69, 9.17) is 14.2 Å². The Hall–Kier alpha value is 0.0900. The van der Waals surface area contributed by atoms with Gasteiger partial charge in [0.05, 0.1) is 47.6 Å². The predicted octanol–water partition coefficient (Wildman–Crippen LogP) is 3.18. The van der Waals surface area contributed by atoms with Crippen LogP contribution in [0.4, 0.5) is 0 Å². The van der Waals surface area contributed by atoms with E-state index in [9.17, 15) is 5.11 Å². The number of likely N-dealkylation sites (N-methyl/N-ethyl adjacent to an activating group) is 1. The van der Waals surface area contributed by atoms with E-state index in [1.807, 2.05) is 0 Å². The van der Waals surface area contributed by atoms with Crippen molar-refractivity contribution < 1.29 is 36.2 Å². The van der Waals surface area contributed by atoms with Gasteiger partial charge in [-0.3, -0.25) is 0 Å². The average Bonchev–Trinajstić information content (AvgIpc) is 2.77. The Kier molecular flexibility index (Phi) is 21.3. The first-order valence-electron chi connectivity index (χ1n) is 14.1. The lowest BCUT2D eigenvalue weighted by molar-refractivity contribution is -0.870. The molecule has 0 amide bonds. The number of nitrogens with zero attached hydrogens (tertiary/aromatic N) is 1. The summed E-state index contributed by atoms with van der Waals surface area (Å²) in [4.78, 5) is 0. The van der Waals surface area contributed by atoms with Crippen LogP contribution >= 0.6 is 0 Å². The third-order valence-corrected chi connectivity index (χ3v) is 7.08. The van der Waals surface area contributed by atoms with Crippen molar-refractivity contribution in [2.45, 2.75) is 116 Å². The summed E-state index contributed by atoms with van der Waals surface area (Å²) in [6, 6.07) is 0. The molecule has 1 aliphatic rings. The molecule has 1 aliphatic carbocycles. The number of ether oxygens (including phenoxy) is 3. The normalized spacial score (nSPS) is 17.8. The zero-order valence-electron chi connectivity index (χ0n) is 23.2. The van der Waals surface area contributed by atoms with Gasteiger partial charge < -0.3 is 36.2 Å². The van der Waals surface area contributed by atoms with E-state index in [0.29, 0.717) is 26.4 Å². The van der Waals surface area contributed by atoms with E-state index < -0.39 is 12.4 Å². The summed E-state index contributed by atoms with van der Waals surface area (Å²) in [7, 11) is 6.47. The average molecular weight is 508 g/mol. The number of hydrogen-bond donors (Lipinski definition) is 1. The Balaban J connectivity index is 0.0000109. The zero-order chi connectivity index (χ0) is 24.4. The summed E-state index contributed by atoms with van der Waals surface area (Å²) in [5, 5.41) is 10.1. The topological polar surface area (TPSA) is 47.9 Å². The Morgan fingerprint density at radius 3 is 2.03 bits per heavy atom. The van der Waals surface area contributed by atoms with Gasteiger partial charge in [0.1, 0.15) is 12.6 Å². The smallest absolute Gasteiger partial charge is 0.183 e. The first kappa shape index (κ1) is 34.1. The number of quaternary nitrogens is 1. The third-order valence-electron chi connectivity index (χ3n) is 7.08. The van der Waals surface area contributed by atoms with Gasteiger partial charge in [0.15, 0.2) is 6.29 Å². The van der Waals surface area contributed by atoms with Crippen LogP contribution in [0.5, 0.6) is 0 Å². The van der Waals surface area contributed by atoms with E-state index in [2.05, 4.69) is 28.1 Å². The van der Waals surface area contributed by atoms with Gasteiger partial charge in [-0.2, -0.15) is 0 Å². The number of aliphatic hydroxyl groups excluding tert-OH is 1. The fourth-order valence-electron chi connectivity index (χ4n) is 4.91. The molecular weight excluding hydrogens is 450 g/mol. The fraction of sp³-hybridized carbons (Fsp3) is 1.00. The van der Waals surface area contributed by atoms with Crippen molar-refractivity contribution >= 4 is 0 Å². The highest BCUT2D eigenvalue weighted by atomic mass is 35.5. The van der Waals surface area contributed by atoms with Crippen molar-refractivity contribution in [3.63, 3.8) is 0 Å². The Bertz CT molecular complexity index is 439. The SMILES string of the molecule is CCCCCCCCCC(CCOC(OCCOCC[N+](C)(C)C)C(C)O)C1CCCCC1.[Cl-]. The van der Waals surface area contributed by atoms with E-state index in [0.717, 1.165) is 29.3 Å². The molecule has 0 aromatic heterocycles. The first-order chi connectivity index (χ1) is 15.8.